The van der Waals surface area contributed by atoms with E-state index < -0.39 is 16.0 Å². The van der Waals surface area contributed by atoms with Crippen LogP contribution in [0.5, 0.6) is 0 Å². The molecule has 0 aliphatic rings. The van der Waals surface area contributed by atoms with Gasteiger partial charge in [0.2, 0.25) is 0 Å². The average Bonchev–Trinajstić information content (AvgIpc) is 3.12. The summed E-state index contributed by atoms with van der Waals surface area (Å²) < 4.78 is 30.1. The number of carboxylic acid groups (broad SMARTS) is 1. The SMILES string of the molecule is CCCn1nc(C)cc1CN(C)c1ccc(NS(=O)(=O)c2ccc(C(C)C)cc2)cc1C(=O)O. The Morgan fingerprint density at radius 3 is 2.41 bits per heavy atom. The number of anilines is 2. The molecule has 34 heavy (non-hydrogen) atoms. The molecule has 0 radical (unpaired) electrons. The number of hydrogen-bond donors (Lipinski definition) is 2. The lowest BCUT2D eigenvalue weighted by molar-refractivity contribution is 0.0697. The highest BCUT2D eigenvalue weighted by Gasteiger charge is 2.20. The molecule has 9 heteroatoms. The van der Waals surface area contributed by atoms with Gasteiger partial charge in [0.15, 0.2) is 0 Å². The second kappa shape index (κ2) is 10.3. The Morgan fingerprint density at radius 1 is 1.15 bits per heavy atom. The number of nitrogens with one attached hydrogen (secondary N) is 1. The highest BCUT2D eigenvalue weighted by molar-refractivity contribution is 7.92. The molecule has 0 atom stereocenters. The van der Waals surface area contributed by atoms with Gasteiger partial charge < -0.3 is 10.0 Å². The molecular weight excluding hydrogens is 452 g/mol. The monoisotopic (exact) mass is 484 g/mol. The lowest BCUT2D eigenvalue weighted by Gasteiger charge is -2.22. The molecule has 1 aromatic heterocycles. The summed E-state index contributed by atoms with van der Waals surface area (Å²) in [6.07, 6.45) is 0.938. The first-order valence-corrected chi connectivity index (χ1v) is 12.7. The van der Waals surface area contributed by atoms with Crippen molar-refractivity contribution in [2.45, 2.75) is 58.0 Å². The molecule has 0 aliphatic heterocycles. The fraction of sp³-hybridized carbons (Fsp3) is 0.360. The van der Waals surface area contributed by atoms with Crippen molar-refractivity contribution in [3.63, 3.8) is 0 Å². The van der Waals surface area contributed by atoms with Gasteiger partial charge in [-0.05, 0) is 61.2 Å². The molecule has 8 nitrogen and oxygen atoms in total. The van der Waals surface area contributed by atoms with Gasteiger partial charge in [0, 0.05) is 19.3 Å². The van der Waals surface area contributed by atoms with E-state index in [0.717, 1.165) is 29.9 Å². The molecule has 2 aromatic carbocycles. The second-order valence-electron chi connectivity index (χ2n) is 8.72. The molecule has 182 valence electrons. The minimum absolute atomic E-state index is 0.0103. The van der Waals surface area contributed by atoms with Gasteiger partial charge in [0.25, 0.3) is 10.0 Å². The predicted molar refractivity (Wildman–Crippen MR) is 134 cm³/mol. The summed E-state index contributed by atoms with van der Waals surface area (Å²) in [5, 5.41) is 14.3. The second-order valence-corrected chi connectivity index (χ2v) is 10.4. The first-order chi connectivity index (χ1) is 16.0. The van der Waals surface area contributed by atoms with Gasteiger partial charge in [-0.3, -0.25) is 9.40 Å². The molecule has 0 saturated carbocycles. The van der Waals surface area contributed by atoms with Crippen LogP contribution in [-0.4, -0.2) is 36.3 Å². The number of hydrogen-bond acceptors (Lipinski definition) is 5. The summed E-state index contributed by atoms with van der Waals surface area (Å²) >= 11 is 0. The van der Waals surface area contributed by atoms with Crippen LogP contribution in [0.1, 0.15) is 60.4 Å². The number of carboxylic acids is 1. The van der Waals surface area contributed by atoms with Crippen LogP contribution in [0.15, 0.2) is 53.4 Å². The van der Waals surface area contributed by atoms with Crippen LogP contribution < -0.4 is 9.62 Å². The van der Waals surface area contributed by atoms with Crippen molar-refractivity contribution < 1.29 is 18.3 Å². The van der Waals surface area contributed by atoms with Gasteiger partial charge in [-0.25, -0.2) is 13.2 Å². The highest BCUT2D eigenvalue weighted by atomic mass is 32.2. The van der Waals surface area contributed by atoms with Crippen molar-refractivity contribution in [3.05, 3.63) is 71.0 Å². The van der Waals surface area contributed by atoms with Gasteiger partial charge in [0.05, 0.1) is 34.1 Å². The Balaban J connectivity index is 1.86. The molecule has 1 heterocycles. The zero-order valence-electron chi connectivity index (χ0n) is 20.2. The van der Waals surface area contributed by atoms with E-state index in [1.807, 2.05) is 36.4 Å². The summed E-state index contributed by atoms with van der Waals surface area (Å²) in [6.45, 7) is 9.32. The topological polar surface area (TPSA) is 105 Å². The van der Waals surface area contributed by atoms with E-state index >= 15 is 0 Å². The maximum absolute atomic E-state index is 12.8. The van der Waals surface area contributed by atoms with Crippen molar-refractivity contribution in [2.24, 2.45) is 0 Å². The van der Waals surface area contributed by atoms with Crippen molar-refractivity contribution in [1.29, 1.82) is 0 Å². The molecule has 0 aliphatic carbocycles. The number of nitrogens with zero attached hydrogens (tertiary/aromatic N) is 3. The zero-order valence-corrected chi connectivity index (χ0v) is 21.1. The van der Waals surface area contributed by atoms with E-state index in [0.29, 0.717) is 12.2 Å². The number of aromatic nitrogens is 2. The molecule has 2 N–H and O–H groups in total. The molecule has 3 aromatic rings. The Morgan fingerprint density at radius 2 is 1.82 bits per heavy atom. The lowest BCUT2D eigenvalue weighted by atomic mass is 10.0. The standard InChI is InChI=1S/C25H32N4O4S/c1-6-13-29-21(14-18(4)26-29)16-28(5)24-12-9-20(15-23(24)25(30)31)27-34(32,33)22-10-7-19(8-11-22)17(2)3/h7-12,14-15,17,27H,6,13,16H2,1-5H3,(H,30,31). The number of benzene rings is 2. The van der Waals surface area contributed by atoms with E-state index in [-0.39, 0.29) is 22.1 Å². The number of aryl methyl sites for hydroxylation is 2. The number of rotatable bonds is 10. The first kappa shape index (κ1) is 25.3. The third-order valence-corrected chi connectivity index (χ3v) is 6.96. The molecule has 3 rings (SSSR count). The summed E-state index contributed by atoms with van der Waals surface area (Å²) in [7, 11) is -2.05. The minimum atomic E-state index is -3.86. The fourth-order valence-corrected chi connectivity index (χ4v) is 4.86. The summed E-state index contributed by atoms with van der Waals surface area (Å²) in [5.41, 5.74) is 3.61. The molecule has 0 spiro atoms. The molecule has 0 fully saturated rings. The van der Waals surface area contributed by atoms with Crippen LogP contribution in [0.2, 0.25) is 0 Å². The van der Waals surface area contributed by atoms with Crippen LogP contribution in [0, 0.1) is 6.92 Å². The highest BCUT2D eigenvalue weighted by Crippen LogP contribution is 2.27. The van der Waals surface area contributed by atoms with E-state index in [4.69, 9.17) is 0 Å². The van der Waals surface area contributed by atoms with E-state index in [1.165, 1.54) is 6.07 Å². The third kappa shape index (κ3) is 5.77. The summed E-state index contributed by atoms with van der Waals surface area (Å²) in [6, 6.07) is 13.2. The summed E-state index contributed by atoms with van der Waals surface area (Å²) in [5.74, 6) is -0.848. The maximum atomic E-state index is 12.8. The summed E-state index contributed by atoms with van der Waals surface area (Å²) in [4.78, 5) is 14.0. The first-order valence-electron chi connectivity index (χ1n) is 11.3. The maximum Gasteiger partial charge on any atom is 0.337 e. The van der Waals surface area contributed by atoms with E-state index in [9.17, 15) is 18.3 Å². The average molecular weight is 485 g/mol. The van der Waals surface area contributed by atoms with Gasteiger partial charge in [-0.1, -0.05) is 32.9 Å². The largest absolute Gasteiger partial charge is 0.478 e. The van der Waals surface area contributed by atoms with Gasteiger partial charge in [-0.15, -0.1) is 0 Å². The van der Waals surface area contributed by atoms with Crippen molar-refractivity contribution in [3.8, 4) is 0 Å². The minimum Gasteiger partial charge on any atom is -0.478 e. The van der Waals surface area contributed by atoms with Gasteiger partial charge in [0.1, 0.15) is 0 Å². The molecule has 0 amide bonds. The van der Waals surface area contributed by atoms with Crippen LogP contribution in [0.3, 0.4) is 0 Å². The predicted octanol–water partition coefficient (Wildman–Crippen LogP) is 4.86. The Bertz CT molecular complexity index is 1260. The quantitative estimate of drug-likeness (QED) is 0.426. The zero-order chi connectivity index (χ0) is 25.0. The van der Waals surface area contributed by atoms with Crippen LogP contribution in [0.25, 0.3) is 0 Å². The van der Waals surface area contributed by atoms with Gasteiger partial charge >= 0.3 is 5.97 Å². The van der Waals surface area contributed by atoms with Gasteiger partial charge in [-0.2, -0.15) is 5.10 Å². The van der Waals surface area contributed by atoms with Crippen LogP contribution >= 0.6 is 0 Å². The number of aromatic carboxylic acids is 1. The molecule has 0 unspecified atom stereocenters. The number of carbonyl (C=O) groups is 1. The molecule has 0 bridgehead atoms. The van der Waals surface area contributed by atoms with Crippen molar-refractivity contribution in [1.82, 2.24) is 9.78 Å². The molecule has 0 saturated heterocycles. The van der Waals surface area contributed by atoms with Crippen molar-refractivity contribution in [2.75, 3.05) is 16.7 Å². The Hall–Kier alpha value is -3.33. The number of sulfonamides is 1. The van der Waals surface area contributed by atoms with Crippen LogP contribution in [-0.2, 0) is 23.1 Å². The lowest BCUT2D eigenvalue weighted by Crippen LogP contribution is -2.22. The van der Waals surface area contributed by atoms with Crippen LogP contribution in [0.4, 0.5) is 11.4 Å². The Kier molecular flexibility index (Phi) is 7.66. The van der Waals surface area contributed by atoms with E-state index in [1.54, 1.807) is 43.4 Å². The normalized spacial score (nSPS) is 11.6. The molecular formula is C25H32N4O4S. The Labute approximate surface area is 201 Å². The fourth-order valence-electron chi connectivity index (χ4n) is 3.81. The smallest absolute Gasteiger partial charge is 0.337 e. The van der Waals surface area contributed by atoms with Crippen molar-refractivity contribution >= 4 is 27.4 Å². The van der Waals surface area contributed by atoms with E-state index in [2.05, 4.69) is 16.7 Å². The third-order valence-electron chi connectivity index (χ3n) is 5.57.